The molecule has 2 saturated carbocycles. The van der Waals surface area contributed by atoms with Crippen LogP contribution in [0, 0.1) is 29.5 Å². The van der Waals surface area contributed by atoms with Gasteiger partial charge in [0.25, 0.3) is 0 Å². The highest BCUT2D eigenvalue weighted by Gasteiger charge is 2.41. The van der Waals surface area contributed by atoms with E-state index in [1.54, 1.807) is 24.3 Å². The van der Waals surface area contributed by atoms with Crippen LogP contribution in [0.5, 0.6) is 5.75 Å². The average Bonchev–Trinajstić information content (AvgIpc) is 3.34. The van der Waals surface area contributed by atoms with Crippen molar-refractivity contribution < 1.29 is 27.8 Å². The first-order chi connectivity index (χ1) is 23.5. The number of ether oxygens (including phenoxy) is 2. The molecule has 0 aliphatic heterocycles. The molecule has 0 bridgehead atoms. The molecule has 4 nitrogen and oxygen atoms in total. The van der Waals surface area contributed by atoms with Crippen LogP contribution in [0.25, 0.3) is 0 Å². The van der Waals surface area contributed by atoms with Gasteiger partial charge in [-0.2, -0.15) is 0 Å². The molecule has 0 heterocycles. The van der Waals surface area contributed by atoms with Crippen LogP contribution in [-0.2, 0) is 9.53 Å². The number of carbonyl (C=O) groups excluding carboxylic acids is 2. The largest absolute Gasteiger partial charge is 0.423 e. The van der Waals surface area contributed by atoms with Crippen molar-refractivity contribution in [2.24, 2.45) is 23.7 Å². The van der Waals surface area contributed by atoms with Gasteiger partial charge in [-0.05, 0) is 127 Å². The molecule has 2 aromatic rings. The summed E-state index contributed by atoms with van der Waals surface area (Å²) in [6, 6.07) is 10.5. The monoisotopic (exact) mass is 666 g/mol. The van der Waals surface area contributed by atoms with Crippen LogP contribution >= 0.6 is 0 Å². The molecular formula is C43H48F2O4. The Morgan fingerprint density at radius 3 is 2.16 bits per heavy atom. The number of hydrogen-bond donors (Lipinski definition) is 0. The van der Waals surface area contributed by atoms with Crippen LogP contribution in [0.15, 0.2) is 83.7 Å². The van der Waals surface area contributed by atoms with Gasteiger partial charge in [0.15, 0.2) is 0 Å². The summed E-state index contributed by atoms with van der Waals surface area (Å²) in [6.45, 7) is 8.11. The summed E-state index contributed by atoms with van der Waals surface area (Å²) in [5, 5.41) is 0. The molecule has 258 valence electrons. The quantitative estimate of drug-likeness (QED) is 0.227. The van der Waals surface area contributed by atoms with Crippen LogP contribution in [-0.4, -0.2) is 17.6 Å². The number of halogens is 2. The number of alkyl halides is 1. The number of esters is 2. The third kappa shape index (κ3) is 6.85. The normalized spacial score (nSPS) is 32.3. The van der Waals surface area contributed by atoms with Gasteiger partial charge in [-0.25, -0.2) is 18.4 Å². The maximum Gasteiger partial charge on any atom is 0.346 e. The molecule has 0 N–H and O–H groups in total. The minimum Gasteiger partial charge on any atom is -0.423 e. The highest BCUT2D eigenvalue weighted by Crippen LogP contribution is 2.51. The van der Waals surface area contributed by atoms with Crippen molar-refractivity contribution in [2.45, 2.75) is 109 Å². The zero-order valence-electron chi connectivity index (χ0n) is 29.1. The molecule has 0 saturated heterocycles. The fourth-order valence-electron chi connectivity index (χ4n) is 8.99. The second-order valence-electron chi connectivity index (χ2n) is 15.7. The van der Waals surface area contributed by atoms with Gasteiger partial charge >= 0.3 is 11.9 Å². The maximum atomic E-state index is 15.9. The average molecular weight is 667 g/mol. The summed E-state index contributed by atoms with van der Waals surface area (Å²) >= 11 is 0. The number of benzene rings is 2. The Balaban J connectivity index is 1.01. The number of fused-ring (bicyclic) bond motifs is 3. The highest BCUT2D eigenvalue weighted by molar-refractivity contribution is 5.92. The number of rotatable bonds is 6. The summed E-state index contributed by atoms with van der Waals surface area (Å²) in [4.78, 5) is 26.4. The Hall–Kier alpha value is -3.80. The molecule has 0 amide bonds. The predicted molar refractivity (Wildman–Crippen MR) is 188 cm³/mol. The Bertz CT molecular complexity index is 1750. The summed E-state index contributed by atoms with van der Waals surface area (Å²) in [6.07, 6.45) is 18.4. The fourth-order valence-corrected chi connectivity index (χ4v) is 8.99. The zero-order valence-corrected chi connectivity index (χ0v) is 29.1. The van der Waals surface area contributed by atoms with Crippen molar-refractivity contribution in [3.05, 3.63) is 112 Å². The van der Waals surface area contributed by atoms with Crippen LogP contribution in [0.3, 0.4) is 0 Å². The molecule has 5 aliphatic carbocycles. The second kappa shape index (κ2) is 13.5. The van der Waals surface area contributed by atoms with Crippen molar-refractivity contribution in [1.82, 2.24) is 0 Å². The highest BCUT2D eigenvalue weighted by atomic mass is 19.1. The lowest BCUT2D eigenvalue weighted by molar-refractivity contribution is -0.136. The van der Waals surface area contributed by atoms with Gasteiger partial charge in [0.2, 0.25) is 0 Å². The third-order valence-electron chi connectivity index (χ3n) is 12.2. The molecule has 4 atom stereocenters. The molecule has 0 aromatic heterocycles. The van der Waals surface area contributed by atoms with Gasteiger partial charge in [0.05, 0.1) is 11.1 Å². The number of carbonyl (C=O) groups is 2. The summed E-state index contributed by atoms with van der Waals surface area (Å²) in [5.74, 6) is 1.11. The molecule has 2 fully saturated rings. The van der Waals surface area contributed by atoms with Crippen molar-refractivity contribution >= 4 is 11.9 Å². The van der Waals surface area contributed by atoms with E-state index in [-0.39, 0.29) is 35.3 Å². The molecular weight excluding hydrogens is 618 g/mol. The van der Waals surface area contributed by atoms with Crippen molar-refractivity contribution in [3.8, 4) is 5.75 Å². The van der Waals surface area contributed by atoms with Crippen molar-refractivity contribution in [1.29, 1.82) is 0 Å². The van der Waals surface area contributed by atoms with Gasteiger partial charge in [-0.3, -0.25) is 0 Å². The lowest BCUT2D eigenvalue weighted by Crippen LogP contribution is -2.32. The third-order valence-corrected chi connectivity index (χ3v) is 12.2. The van der Waals surface area contributed by atoms with E-state index in [1.165, 1.54) is 13.0 Å². The molecule has 4 unspecified atom stereocenters. The topological polar surface area (TPSA) is 52.6 Å². The van der Waals surface area contributed by atoms with Crippen LogP contribution < -0.4 is 4.74 Å². The number of allylic oxidation sites excluding steroid dienone is 6. The first-order valence-electron chi connectivity index (χ1n) is 18.3. The van der Waals surface area contributed by atoms with E-state index in [9.17, 15) is 9.59 Å². The van der Waals surface area contributed by atoms with E-state index >= 15 is 8.78 Å². The Morgan fingerprint density at radius 2 is 1.49 bits per heavy atom. The standard InChI is InChI=1S/C43H48F2O4/c1-25-5-9-28(10-6-25)30-13-17-36(40(44)21-30)41(46)48-32-15-18-34-35-19-16-33(23-38(35)27(3)37(34)22-32)49-42(47)39-20-14-31(24-43(39,4)45)29-11-7-26(2)8-12-29/h13-23,25-29,35,38H,5-12,24H2,1-4H3. The van der Waals surface area contributed by atoms with Gasteiger partial charge in [-0.15, -0.1) is 0 Å². The Morgan fingerprint density at radius 1 is 0.796 bits per heavy atom. The van der Waals surface area contributed by atoms with E-state index in [2.05, 4.69) is 20.8 Å². The molecule has 7 rings (SSSR count). The van der Waals surface area contributed by atoms with Crippen LogP contribution in [0.1, 0.15) is 130 Å². The Labute approximate surface area is 289 Å². The molecule has 0 radical (unpaired) electrons. The van der Waals surface area contributed by atoms with Gasteiger partial charge < -0.3 is 9.47 Å². The molecule has 5 aliphatic rings. The van der Waals surface area contributed by atoms with Crippen molar-refractivity contribution in [3.63, 3.8) is 0 Å². The number of hydrogen-bond acceptors (Lipinski definition) is 4. The molecule has 2 aromatic carbocycles. The first kappa shape index (κ1) is 33.7. The van der Waals surface area contributed by atoms with Gasteiger partial charge in [0, 0.05) is 12.3 Å². The minimum atomic E-state index is -1.78. The molecule has 49 heavy (non-hydrogen) atoms. The predicted octanol–water partition coefficient (Wildman–Crippen LogP) is 11.0. The second-order valence-corrected chi connectivity index (χ2v) is 15.7. The van der Waals surface area contributed by atoms with Gasteiger partial charge in [-0.1, -0.05) is 76.3 Å². The summed E-state index contributed by atoms with van der Waals surface area (Å²) in [7, 11) is 0. The lowest BCUT2D eigenvalue weighted by Gasteiger charge is -2.34. The van der Waals surface area contributed by atoms with Crippen LogP contribution in [0.2, 0.25) is 0 Å². The minimum absolute atomic E-state index is 0.0128. The maximum absolute atomic E-state index is 15.9. The molecule has 0 spiro atoms. The molecule has 6 heteroatoms. The van der Waals surface area contributed by atoms with E-state index in [1.807, 2.05) is 36.4 Å². The first-order valence-corrected chi connectivity index (χ1v) is 18.3. The zero-order chi connectivity index (χ0) is 34.4. The fraction of sp³-hybridized carbons (Fsp3) is 0.488. The van der Waals surface area contributed by atoms with E-state index < -0.39 is 23.4 Å². The summed E-state index contributed by atoms with van der Waals surface area (Å²) in [5.41, 5.74) is 2.38. The SMILES string of the molecule is CC1CCC(C2=CC=C(C(=O)OC3=CC4C(C)c5cc(OC(=O)c6ccc(C7CCC(C)CC7)cc6F)ccc5C4C=C3)C(C)(F)C2)CC1. The lowest BCUT2D eigenvalue weighted by atomic mass is 9.73. The van der Waals surface area contributed by atoms with Crippen molar-refractivity contribution in [2.75, 3.05) is 0 Å². The summed E-state index contributed by atoms with van der Waals surface area (Å²) < 4.78 is 42.6. The van der Waals surface area contributed by atoms with E-state index in [0.29, 0.717) is 29.3 Å². The van der Waals surface area contributed by atoms with Gasteiger partial charge in [0.1, 0.15) is 23.0 Å². The Kier molecular flexibility index (Phi) is 9.27. The smallest absolute Gasteiger partial charge is 0.346 e. The van der Waals surface area contributed by atoms with E-state index in [4.69, 9.17) is 9.47 Å². The van der Waals surface area contributed by atoms with Crippen LogP contribution in [0.4, 0.5) is 8.78 Å². The van der Waals surface area contributed by atoms with E-state index in [0.717, 1.165) is 79.5 Å².